The van der Waals surface area contributed by atoms with Gasteiger partial charge in [0.15, 0.2) is 0 Å². The molecule has 2 aromatic carbocycles. The Bertz CT molecular complexity index is 837. The number of rotatable bonds is 0. The van der Waals surface area contributed by atoms with Gasteiger partial charge in [-0.3, -0.25) is 0 Å². The molecule has 0 atom stereocenters. The van der Waals surface area contributed by atoms with E-state index in [0.717, 1.165) is 24.0 Å². The maximum absolute atomic E-state index is 10.3. The average Bonchev–Trinajstić information content (AvgIpc) is 2.82. The lowest BCUT2D eigenvalue weighted by molar-refractivity contribution is 0.348. The number of fused-ring (bicyclic) bond motifs is 4. The number of halogens is 2. The molecule has 0 unspecified atom stereocenters. The van der Waals surface area contributed by atoms with Gasteiger partial charge in [0.05, 0.1) is 10.0 Å². The van der Waals surface area contributed by atoms with Gasteiger partial charge in [-0.15, -0.1) is 0 Å². The molecule has 2 aliphatic carbocycles. The topological polar surface area (TPSA) is 40.5 Å². The first-order valence-corrected chi connectivity index (χ1v) is 9.30. The molecule has 25 heavy (non-hydrogen) atoms. The van der Waals surface area contributed by atoms with Gasteiger partial charge in [0, 0.05) is 5.41 Å². The summed E-state index contributed by atoms with van der Waals surface area (Å²) in [5.41, 5.74) is 4.20. The first-order chi connectivity index (χ1) is 11.5. The lowest BCUT2D eigenvalue weighted by Gasteiger charge is -2.30. The molecular formula is C21H22Cl2O2. The van der Waals surface area contributed by atoms with Crippen LogP contribution in [0.5, 0.6) is 11.5 Å². The van der Waals surface area contributed by atoms with Crippen molar-refractivity contribution in [3.8, 4) is 11.5 Å². The van der Waals surface area contributed by atoms with Crippen LogP contribution in [0.2, 0.25) is 10.0 Å². The van der Waals surface area contributed by atoms with Gasteiger partial charge < -0.3 is 10.2 Å². The van der Waals surface area contributed by atoms with Crippen LogP contribution in [0.4, 0.5) is 0 Å². The summed E-state index contributed by atoms with van der Waals surface area (Å²) in [6, 6.07) is 7.45. The zero-order chi connectivity index (χ0) is 18.4. The summed E-state index contributed by atoms with van der Waals surface area (Å²) in [4.78, 5) is 0. The van der Waals surface area contributed by atoms with Crippen molar-refractivity contribution in [1.82, 2.24) is 0 Å². The Morgan fingerprint density at radius 1 is 0.680 bits per heavy atom. The number of phenols is 2. The number of benzene rings is 2. The fraction of sp³-hybridized carbons (Fsp3) is 0.429. The lowest BCUT2D eigenvalue weighted by Crippen LogP contribution is -2.26. The number of hydrogen-bond donors (Lipinski definition) is 2. The number of hydrogen-bond acceptors (Lipinski definition) is 2. The van der Waals surface area contributed by atoms with E-state index in [1.807, 2.05) is 24.3 Å². The third kappa shape index (κ3) is 2.17. The quantitative estimate of drug-likeness (QED) is 0.586. The zero-order valence-electron chi connectivity index (χ0n) is 14.9. The van der Waals surface area contributed by atoms with Crippen molar-refractivity contribution in [3.63, 3.8) is 0 Å². The summed E-state index contributed by atoms with van der Waals surface area (Å²) in [6.45, 7) is 8.87. The second-order valence-corrected chi connectivity index (χ2v) is 9.72. The molecule has 2 aliphatic rings. The van der Waals surface area contributed by atoms with Crippen molar-refractivity contribution < 1.29 is 10.2 Å². The molecular weight excluding hydrogens is 355 g/mol. The first-order valence-electron chi connectivity index (χ1n) is 8.55. The number of phenolic OH excluding ortho intramolecular Hbond substituents is 2. The van der Waals surface area contributed by atoms with E-state index in [1.54, 1.807) is 0 Å². The van der Waals surface area contributed by atoms with E-state index in [-0.39, 0.29) is 27.7 Å². The predicted molar refractivity (Wildman–Crippen MR) is 102 cm³/mol. The summed E-state index contributed by atoms with van der Waals surface area (Å²) in [7, 11) is 0. The van der Waals surface area contributed by atoms with Crippen molar-refractivity contribution in [1.29, 1.82) is 0 Å². The largest absolute Gasteiger partial charge is 0.506 e. The molecule has 4 heteroatoms. The van der Waals surface area contributed by atoms with Gasteiger partial charge in [0.1, 0.15) is 11.5 Å². The van der Waals surface area contributed by atoms with Crippen LogP contribution in [0.3, 0.4) is 0 Å². The highest BCUT2D eigenvalue weighted by atomic mass is 35.5. The van der Waals surface area contributed by atoms with Crippen LogP contribution in [0.1, 0.15) is 62.8 Å². The fourth-order valence-electron chi connectivity index (χ4n) is 5.32. The van der Waals surface area contributed by atoms with E-state index in [9.17, 15) is 10.2 Å². The molecule has 2 aromatic rings. The van der Waals surface area contributed by atoms with Crippen LogP contribution in [0.25, 0.3) is 0 Å². The zero-order valence-corrected chi connectivity index (χ0v) is 16.4. The SMILES string of the molecule is CC1(C)CC2(CC(C)(C)c3cc(Cl)c(O)cc32)c2cc(O)c(Cl)cc21. The Hall–Kier alpha value is -1.38. The van der Waals surface area contributed by atoms with Crippen LogP contribution in [0, 0.1) is 0 Å². The Morgan fingerprint density at radius 3 is 1.40 bits per heavy atom. The van der Waals surface area contributed by atoms with E-state index in [0.29, 0.717) is 10.0 Å². The van der Waals surface area contributed by atoms with Gasteiger partial charge in [-0.1, -0.05) is 50.9 Å². The second-order valence-electron chi connectivity index (χ2n) is 8.90. The maximum atomic E-state index is 10.3. The van der Waals surface area contributed by atoms with Crippen LogP contribution in [-0.2, 0) is 16.2 Å². The third-order valence-electron chi connectivity index (χ3n) is 6.15. The van der Waals surface area contributed by atoms with Crippen molar-refractivity contribution >= 4 is 23.2 Å². The first kappa shape index (κ1) is 17.1. The Kier molecular flexibility index (Phi) is 3.32. The Morgan fingerprint density at radius 2 is 1.04 bits per heavy atom. The maximum Gasteiger partial charge on any atom is 0.134 e. The number of aromatic hydroxyl groups is 2. The molecule has 0 aromatic heterocycles. The second kappa shape index (κ2) is 4.86. The summed E-state index contributed by atoms with van der Waals surface area (Å²) in [5, 5.41) is 21.3. The Balaban J connectivity index is 2.07. The molecule has 0 amide bonds. The molecule has 0 aliphatic heterocycles. The minimum Gasteiger partial charge on any atom is -0.506 e. The van der Waals surface area contributed by atoms with Crippen molar-refractivity contribution in [3.05, 3.63) is 56.6 Å². The van der Waals surface area contributed by atoms with Crippen LogP contribution in [0.15, 0.2) is 24.3 Å². The van der Waals surface area contributed by atoms with Crippen LogP contribution in [-0.4, -0.2) is 10.2 Å². The normalized spacial score (nSPS) is 21.4. The summed E-state index contributed by atoms with van der Waals surface area (Å²) in [5.74, 6) is 0.226. The highest BCUT2D eigenvalue weighted by Crippen LogP contribution is 2.64. The molecule has 0 radical (unpaired) electrons. The predicted octanol–water partition coefficient (Wildman–Crippen LogP) is 6.05. The molecule has 1 spiro atoms. The minimum absolute atomic E-state index is 0.0698. The van der Waals surface area contributed by atoms with Gasteiger partial charge >= 0.3 is 0 Å². The van der Waals surface area contributed by atoms with Gasteiger partial charge in [-0.05, 0) is 70.2 Å². The average molecular weight is 377 g/mol. The standard InChI is InChI=1S/C21H22Cl2O2/c1-19(2)9-21(13-7-17(24)15(22)5-11(13)19)10-20(3,4)12-6-16(23)18(25)8-14(12)21/h5-8,24-25H,9-10H2,1-4H3. The minimum atomic E-state index is -0.248. The van der Waals surface area contributed by atoms with E-state index >= 15 is 0 Å². The molecule has 2 nitrogen and oxygen atoms in total. The van der Waals surface area contributed by atoms with E-state index < -0.39 is 0 Å². The highest BCUT2D eigenvalue weighted by Gasteiger charge is 2.56. The fourth-order valence-corrected chi connectivity index (χ4v) is 5.65. The van der Waals surface area contributed by atoms with Crippen LogP contribution < -0.4 is 0 Å². The molecule has 132 valence electrons. The third-order valence-corrected chi connectivity index (χ3v) is 6.76. The Labute approximate surface area is 158 Å². The lowest BCUT2D eigenvalue weighted by atomic mass is 9.72. The molecule has 2 N–H and O–H groups in total. The highest BCUT2D eigenvalue weighted by molar-refractivity contribution is 6.32. The van der Waals surface area contributed by atoms with Gasteiger partial charge in [0.2, 0.25) is 0 Å². The molecule has 0 heterocycles. The van der Waals surface area contributed by atoms with Gasteiger partial charge in [-0.2, -0.15) is 0 Å². The van der Waals surface area contributed by atoms with E-state index in [1.165, 1.54) is 11.1 Å². The van der Waals surface area contributed by atoms with E-state index in [4.69, 9.17) is 23.2 Å². The smallest absolute Gasteiger partial charge is 0.134 e. The van der Waals surface area contributed by atoms with Gasteiger partial charge in [0.25, 0.3) is 0 Å². The van der Waals surface area contributed by atoms with Crippen molar-refractivity contribution in [2.45, 2.75) is 56.8 Å². The molecule has 0 saturated carbocycles. The summed E-state index contributed by atoms with van der Waals surface area (Å²) >= 11 is 12.4. The summed E-state index contributed by atoms with van der Waals surface area (Å²) in [6.07, 6.45) is 1.82. The van der Waals surface area contributed by atoms with E-state index in [2.05, 4.69) is 27.7 Å². The molecule has 0 saturated heterocycles. The van der Waals surface area contributed by atoms with Crippen molar-refractivity contribution in [2.24, 2.45) is 0 Å². The summed E-state index contributed by atoms with van der Waals surface area (Å²) < 4.78 is 0. The molecule has 0 bridgehead atoms. The molecule has 0 fully saturated rings. The van der Waals surface area contributed by atoms with Crippen molar-refractivity contribution in [2.75, 3.05) is 0 Å². The van der Waals surface area contributed by atoms with Crippen LogP contribution >= 0.6 is 23.2 Å². The molecule has 4 rings (SSSR count). The monoisotopic (exact) mass is 376 g/mol. The van der Waals surface area contributed by atoms with Gasteiger partial charge in [-0.25, -0.2) is 0 Å².